The molecule has 1 saturated carbocycles. The van der Waals surface area contributed by atoms with Gasteiger partial charge in [-0.3, -0.25) is 4.79 Å². The van der Waals surface area contributed by atoms with Crippen LogP contribution in [0, 0.1) is 0 Å². The van der Waals surface area contributed by atoms with Gasteiger partial charge in [0.15, 0.2) is 0 Å². The molecule has 2 fully saturated rings. The van der Waals surface area contributed by atoms with E-state index in [0.29, 0.717) is 6.61 Å². The van der Waals surface area contributed by atoms with Crippen molar-refractivity contribution < 1.29 is 9.53 Å². The summed E-state index contributed by atoms with van der Waals surface area (Å²) in [5, 5.41) is 0. The van der Waals surface area contributed by atoms with Crippen LogP contribution in [-0.4, -0.2) is 67.7 Å². The molecule has 1 unspecified atom stereocenters. The first-order valence-electron chi connectivity index (χ1n) is 7.34. The van der Waals surface area contributed by atoms with Crippen LogP contribution in [0.4, 0.5) is 0 Å². The maximum Gasteiger partial charge on any atom is 0.242 e. The zero-order valence-corrected chi connectivity index (χ0v) is 12.2. The van der Waals surface area contributed by atoms with E-state index in [1.165, 1.54) is 19.3 Å². The lowest BCUT2D eigenvalue weighted by Crippen LogP contribution is -2.66. The Kier molecular flexibility index (Phi) is 4.81. The van der Waals surface area contributed by atoms with Gasteiger partial charge >= 0.3 is 0 Å². The van der Waals surface area contributed by atoms with Crippen LogP contribution in [0.1, 0.15) is 32.1 Å². The van der Waals surface area contributed by atoms with Gasteiger partial charge in [-0.1, -0.05) is 19.3 Å². The van der Waals surface area contributed by atoms with Crippen molar-refractivity contribution in [1.29, 1.82) is 0 Å². The summed E-state index contributed by atoms with van der Waals surface area (Å²) in [7, 11) is 3.74. The van der Waals surface area contributed by atoms with E-state index in [2.05, 4.69) is 16.8 Å². The summed E-state index contributed by atoms with van der Waals surface area (Å²) in [6.45, 7) is 3.03. The summed E-state index contributed by atoms with van der Waals surface area (Å²) in [5.41, 5.74) is 5.97. The van der Waals surface area contributed by atoms with Crippen molar-refractivity contribution in [2.45, 2.75) is 43.7 Å². The summed E-state index contributed by atoms with van der Waals surface area (Å²) in [4.78, 5) is 17.0. The molecular formula is C14H27N3O2. The van der Waals surface area contributed by atoms with Crippen molar-refractivity contribution in [3.8, 4) is 0 Å². The van der Waals surface area contributed by atoms with Gasteiger partial charge in [0.25, 0.3) is 0 Å². The van der Waals surface area contributed by atoms with Crippen molar-refractivity contribution in [2.24, 2.45) is 5.73 Å². The monoisotopic (exact) mass is 269 g/mol. The number of nitrogens with two attached hydrogens (primary N) is 1. The summed E-state index contributed by atoms with van der Waals surface area (Å²) in [5.74, 6) is 0.0665. The van der Waals surface area contributed by atoms with Crippen LogP contribution >= 0.6 is 0 Å². The van der Waals surface area contributed by atoms with E-state index in [9.17, 15) is 4.79 Å². The summed E-state index contributed by atoms with van der Waals surface area (Å²) in [6, 6.07) is -0.521. The molecule has 0 radical (unpaired) electrons. The van der Waals surface area contributed by atoms with Crippen molar-refractivity contribution in [3.05, 3.63) is 0 Å². The van der Waals surface area contributed by atoms with E-state index in [-0.39, 0.29) is 11.4 Å². The molecule has 1 aliphatic carbocycles. The first-order valence-corrected chi connectivity index (χ1v) is 7.34. The predicted octanol–water partition coefficient (Wildman–Crippen LogP) is 0.437. The second-order valence-corrected chi connectivity index (χ2v) is 6.07. The van der Waals surface area contributed by atoms with Gasteiger partial charge in [0.2, 0.25) is 5.91 Å². The molecule has 1 aliphatic heterocycles. The highest BCUT2D eigenvalue weighted by molar-refractivity contribution is 5.82. The zero-order valence-electron chi connectivity index (χ0n) is 12.2. The van der Waals surface area contributed by atoms with Gasteiger partial charge in [-0.2, -0.15) is 0 Å². The highest BCUT2D eigenvalue weighted by atomic mass is 16.5. The van der Waals surface area contributed by atoms with Crippen LogP contribution in [0.15, 0.2) is 0 Å². The van der Waals surface area contributed by atoms with E-state index in [4.69, 9.17) is 10.5 Å². The number of rotatable bonds is 3. The van der Waals surface area contributed by atoms with Crippen molar-refractivity contribution >= 4 is 5.91 Å². The highest BCUT2D eigenvalue weighted by Crippen LogP contribution is 2.36. The summed E-state index contributed by atoms with van der Waals surface area (Å²) >= 11 is 0. The van der Waals surface area contributed by atoms with Crippen molar-refractivity contribution in [3.63, 3.8) is 0 Å². The number of hydrogen-bond acceptors (Lipinski definition) is 4. The molecule has 0 aromatic rings. The molecule has 1 amide bonds. The standard InChI is InChI=1S/C14H27N3O2/c1-16-8-9-17(13(18)12(15)10-19-2)14(11-16)6-4-3-5-7-14/h12H,3-11,15H2,1-2H3. The molecule has 5 nitrogen and oxygen atoms in total. The first kappa shape index (κ1) is 14.8. The number of piperazine rings is 1. The fourth-order valence-corrected chi connectivity index (χ4v) is 3.61. The molecule has 0 aromatic carbocycles. The van der Waals surface area contributed by atoms with Crippen LogP contribution in [0.5, 0.6) is 0 Å². The van der Waals surface area contributed by atoms with Gasteiger partial charge in [-0.15, -0.1) is 0 Å². The Labute approximate surface area is 116 Å². The quantitative estimate of drug-likeness (QED) is 0.807. The minimum Gasteiger partial charge on any atom is -0.383 e. The smallest absolute Gasteiger partial charge is 0.242 e. The lowest BCUT2D eigenvalue weighted by atomic mass is 9.78. The second-order valence-electron chi connectivity index (χ2n) is 6.07. The Hall–Kier alpha value is -0.650. The normalized spacial score (nSPS) is 25.5. The van der Waals surface area contributed by atoms with Crippen LogP contribution < -0.4 is 5.73 Å². The maximum atomic E-state index is 12.6. The molecule has 2 aliphatic rings. The lowest BCUT2D eigenvalue weighted by Gasteiger charge is -2.52. The SMILES string of the molecule is COCC(N)C(=O)N1CCN(C)CC12CCCCC2. The molecule has 2 rings (SSSR count). The van der Waals surface area contributed by atoms with E-state index in [1.807, 2.05) is 0 Å². The van der Waals surface area contributed by atoms with E-state index in [0.717, 1.165) is 32.5 Å². The van der Waals surface area contributed by atoms with Gasteiger partial charge in [0.05, 0.1) is 12.1 Å². The van der Waals surface area contributed by atoms with Crippen LogP contribution in [0.25, 0.3) is 0 Å². The topological polar surface area (TPSA) is 58.8 Å². The van der Waals surface area contributed by atoms with Crippen molar-refractivity contribution in [2.75, 3.05) is 40.4 Å². The van der Waals surface area contributed by atoms with Crippen LogP contribution in [0.3, 0.4) is 0 Å². The number of amides is 1. The fourth-order valence-electron chi connectivity index (χ4n) is 3.61. The Bertz CT molecular complexity index is 316. The lowest BCUT2D eigenvalue weighted by molar-refractivity contribution is -0.146. The van der Waals surface area contributed by atoms with Gasteiger partial charge in [0, 0.05) is 26.7 Å². The number of carbonyl (C=O) groups excluding carboxylic acids is 1. The molecule has 1 atom stereocenters. The van der Waals surface area contributed by atoms with E-state index in [1.54, 1.807) is 7.11 Å². The molecule has 1 spiro atoms. The third-order valence-corrected chi connectivity index (χ3v) is 4.56. The van der Waals surface area contributed by atoms with E-state index >= 15 is 0 Å². The van der Waals surface area contributed by atoms with Crippen LogP contribution in [-0.2, 0) is 9.53 Å². The molecule has 19 heavy (non-hydrogen) atoms. The zero-order chi connectivity index (χ0) is 13.9. The molecule has 5 heteroatoms. The molecule has 1 heterocycles. The third-order valence-electron chi connectivity index (χ3n) is 4.56. The van der Waals surface area contributed by atoms with Gasteiger partial charge < -0.3 is 20.3 Å². The van der Waals surface area contributed by atoms with Gasteiger partial charge in [-0.05, 0) is 19.9 Å². The molecule has 110 valence electrons. The Balaban J connectivity index is 2.13. The molecule has 0 aromatic heterocycles. The van der Waals surface area contributed by atoms with Crippen LogP contribution in [0.2, 0.25) is 0 Å². The average Bonchev–Trinajstić information content (AvgIpc) is 2.39. The number of hydrogen-bond donors (Lipinski definition) is 1. The van der Waals surface area contributed by atoms with Gasteiger partial charge in [-0.25, -0.2) is 0 Å². The third kappa shape index (κ3) is 3.09. The Morgan fingerprint density at radius 1 is 1.32 bits per heavy atom. The molecule has 0 bridgehead atoms. The molecular weight excluding hydrogens is 242 g/mol. The number of carbonyl (C=O) groups is 1. The number of ether oxygens (including phenoxy) is 1. The van der Waals surface area contributed by atoms with Gasteiger partial charge in [0.1, 0.15) is 6.04 Å². The Morgan fingerprint density at radius 2 is 2.00 bits per heavy atom. The minimum absolute atomic E-state index is 0.0215. The maximum absolute atomic E-state index is 12.6. The van der Waals surface area contributed by atoms with Crippen molar-refractivity contribution in [1.82, 2.24) is 9.80 Å². The predicted molar refractivity (Wildman–Crippen MR) is 74.9 cm³/mol. The number of methoxy groups -OCH3 is 1. The highest BCUT2D eigenvalue weighted by Gasteiger charge is 2.44. The molecule has 1 saturated heterocycles. The number of likely N-dealkylation sites (N-methyl/N-ethyl adjacent to an activating group) is 1. The number of nitrogens with zero attached hydrogens (tertiary/aromatic N) is 2. The Morgan fingerprint density at radius 3 is 2.63 bits per heavy atom. The molecule has 2 N–H and O–H groups in total. The summed E-state index contributed by atoms with van der Waals surface area (Å²) in [6.07, 6.45) is 5.96. The first-order chi connectivity index (χ1) is 9.09. The van der Waals surface area contributed by atoms with E-state index < -0.39 is 6.04 Å². The fraction of sp³-hybridized carbons (Fsp3) is 0.929. The average molecular weight is 269 g/mol. The largest absolute Gasteiger partial charge is 0.383 e. The minimum atomic E-state index is -0.521. The summed E-state index contributed by atoms with van der Waals surface area (Å²) < 4.78 is 5.03. The second kappa shape index (κ2) is 6.20.